The van der Waals surface area contributed by atoms with Crippen molar-refractivity contribution in [2.75, 3.05) is 31.1 Å². The number of aryl methyl sites for hydroxylation is 1. The van der Waals surface area contributed by atoms with Crippen LogP contribution in [0.5, 0.6) is 0 Å². The van der Waals surface area contributed by atoms with Crippen molar-refractivity contribution in [3.8, 4) is 0 Å². The molecule has 0 aromatic carbocycles. The Hall–Kier alpha value is -1.69. The fraction of sp³-hybridized carbons (Fsp3) is 0.643. The lowest BCUT2D eigenvalue weighted by molar-refractivity contribution is 0.0690. The van der Waals surface area contributed by atoms with Crippen LogP contribution in [0, 0.1) is 6.92 Å². The average Bonchev–Trinajstić information content (AvgIpc) is 3.09. The maximum absolute atomic E-state index is 11.1. The van der Waals surface area contributed by atoms with E-state index in [9.17, 15) is 4.79 Å². The maximum atomic E-state index is 11.1. The minimum atomic E-state index is -0.993. The molecule has 1 aromatic rings. The Balaban J connectivity index is 1.75. The molecular formula is C14H20N4O2. The third-order valence-electron chi connectivity index (χ3n) is 4.16. The van der Waals surface area contributed by atoms with Crippen LogP contribution < -0.4 is 4.90 Å². The predicted octanol–water partition coefficient (Wildman–Crippen LogP) is 1.16. The number of hydrogen-bond donors (Lipinski definition) is 1. The van der Waals surface area contributed by atoms with Gasteiger partial charge in [0.1, 0.15) is 0 Å². The Kier molecular flexibility index (Phi) is 3.56. The van der Waals surface area contributed by atoms with E-state index in [4.69, 9.17) is 5.11 Å². The summed E-state index contributed by atoms with van der Waals surface area (Å²) < 4.78 is 0. The Morgan fingerprint density at radius 1 is 1.30 bits per heavy atom. The fourth-order valence-electron chi connectivity index (χ4n) is 3.13. The SMILES string of the molecule is Cc1cc(C(=O)O)nc(N2CCC(N3CCCC3)C2)n1. The average molecular weight is 276 g/mol. The number of carboxylic acids is 1. The molecule has 1 unspecified atom stereocenters. The van der Waals surface area contributed by atoms with Gasteiger partial charge in [-0.25, -0.2) is 14.8 Å². The van der Waals surface area contributed by atoms with Gasteiger partial charge in [-0.1, -0.05) is 0 Å². The molecule has 1 N–H and O–H groups in total. The van der Waals surface area contributed by atoms with Gasteiger partial charge in [0, 0.05) is 24.8 Å². The Morgan fingerprint density at radius 3 is 2.75 bits per heavy atom. The van der Waals surface area contributed by atoms with Crippen LogP contribution in [0.25, 0.3) is 0 Å². The second-order valence-electron chi connectivity index (χ2n) is 5.63. The van der Waals surface area contributed by atoms with Gasteiger partial charge in [0.15, 0.2) is 5.69 Å². The minimum absolute atomic E-state index is 0.0807. The standard InChI is InChI=1S/C14H20N4O2/c1-10-8-12(13(19)20)16-14(15-10)18-7-4-11(9-18)17-5-2-3-6-17/h8,11H,2-7,9H2,1H3,(H,19,20). The molecule has 0 radical (unpaired) electrons. The summed E-state index contributed by atoms with van der Waals surface area (Å²) in [5.74, 6) is -0.434. The van der Waals surface area contributed by atoms with Crippen molar-refractivity contribution in [3.05, 3.63) is 17.5 Å². The normalized spacial score (nSPS) is 23.4. The summed E-state index contributed by atoms with van der Waals surface area (Å²) in [6.07, 6.45) is 3.70. The van der Waals surface area contributed by atoms with Crippen LogP contribution in [0.15, 0.2) is 6.07 Å². The van der Waals surface area contributed by atoms with E-state index in [1.165, 1.54) is 32.0 Å². The van der Waals surface area contributed by atoms with Crippen LogP contribution in [0.3, 0.4) is 0 Å². The van der Waals surface area contributed by atoms with Gasteiger partial charge in [0.25, 0.3) is 0 Å². The molecule has 6 nitrogen and oxygen atoms in total. The molecule has 3 heterocycles. The molecular weight excluding hydrogens is 256 g/mol. The van der Waals surface area contributed by atoms with Gasteiger partial charge in [-0.15, -0.1) is 0 Å². The van der Waals surface area contributed by atoms with Crippen molar-refractivity contribution in [3.63, 3.8) is 0 Å². The van der Waals surface area contributed by atoms with E-state index in [-0.39, 0.29) is 5.69 Å². The summed E-state index contributed by atoms with van der Waals surface area (Å²) in [5, 5.41) is 9.08. The quantitative estimate of drug-likeness (QED) is 0.893. The highest BCUT2D eigenvalue weighted by atomic mass is 16.4. The van der Waals surface area contributed by atoms with Crippen molar-refractivity contribution >= 4 is 11.9 Å². The molecule has 0 amide bonds. The summed E-state index contributed by atoms with van der Waals surface area (Å²) >= 11 is 0. The number of anilines is 1. The van der Waals surface area contributed by atoms with Crippen LogP contribution in [0.1, 0.15) is 35.4 Å². The molecule has 108 valence electrons. The molecule has 0 bridgehead atoms. The lowest BCUT2D eigenvalue weighted by atomic mass is 10.2. The molecule has 0 aliphatic carbocycles. The van der Waals surface area contributed by atoms with Crippen LogP contribution in [0.2, 0.25) is 0 Å². The van der Waals surface area contributed by atoms with Crippen LogP contribution in [0.4, 0.5) is 5.95 Å². The highest BCUT2D eigenvalue weighted by Gasteiger charge is 2.30. The van der Waals surface area contributed by atoms with Crippen LogP contribution in [-0.2, 0) is 0 Å². The minimum Gasteiger partial charge on any atom is -0.477 e. The molecule has 2 fully saturated rings. The number of carbonyl (C=O) groups is 1. The summed E-state index contributed by atoms with van der Waals surface area (Å²) in [6, 6.07) is 2.08. The molecule has 0 saturated carbocycles. The van der Waals surface area contributed by atoms with Crippen LogP contribution >= 0.6 is 0 Å². The highest BCUT2D eigenvalue weighted by molar-refractivity contribution is 5.85. The van der Waals surface area contributed by atoms with Gasteiger partial charge in [-0.2, -0.15) is 0 Å². The van der Waals surface area contributed by atoms with Crippen molar-refractivity contribution in [1.82, 2.24) is 14.9 Å². The topological polar surface area (TPSA) is 69.6 Å². The number of nitrogens with zero attached hydrogens (tertiary/aromatic N) is 4. The van der Waals surface area contributed by atoms with Crippen LogP contribution in [-0.4, -0.2) is 58.2 Å². The number of rotatable bonds is 3. The lowest BCUT2D eigenvalue weighted by Gasteiger charge is -2.23. The third-order valence-corrected chi connectivity index (χ3v) is 4.16. The maximum Gasteiger partial charge on any atom is 0.354 e. The molecule has 1 aromatic heterocycles. The van der Waals surface area contributed by atoms with Crippen molar-refractivity contribution < 1.29 is 9.90 Å². The van der Waals surface area contributed by atoms with E-state index < -0.39 is 5.97 Å². The second-order valence-corrected chi connectivity index (χ2v) is 5.63. The molecule has 1 atom stereocenters. The van der Waals surface area contributed by atoms with E-state index in [2.05, 4.69) is 19.8 Å². The van der Waals surface area contributed by atoms with E-state index in [1.54, 1.807) is 0 Å². The summed E-state index contributed by atoms with van der Waals surface area (Å²) in [5.41, 5.74) is 0.786. The number of carboxylic acid groups (broad SMARTS) is 1. The first-order chi connectivity index (χ1) is 9.63. The van der Waals surface area contributed by atoms with Gasteiger partial charge in [-0.3, -0.25) is 4.90 Å². The zero-order chi connectivity index (χ0) is 14.1. The van der Waals surface area contributed by atoms with E-state index in [0.717, 1.165) is 19.5 Å². The molecule has 2 aliphatic heterocycles. The van der Waals surface area contributed by atoms with Gasteiger partial charge in [-0.05, 0) is 45.3 Å². The zero-order valence-corrected chi connectivity index (χ0v) is 11.7. The largest absolute Gasteiger partial charge is 0.477 e. The molecule has 2 saturated heterocycles. The first kappa shape index (κ1) is 13.3. The summed E-state index contributed by atoms with van der Waals surface area (Å²) in [6.45, 7) is 6.00. The number of aromatic carboxylic acids is 1. The van der Waals surface area contributed by atoms with Gasteiger partial charge in [0.2, 0.25) is 5.95 Å². The Labute approximate surface area is 118 Å². The molecule has 3 rings (SSSR count). The highest BCUT2D eigenvalue weighted by Crippen LogP contribution is 2.23. The fourth-order valence-corrected chi connectivity index (χ4v) is 3.13. The number of hydrogen-bond acceptors (Lipinski definition) is 5. The van der Waals surface area contributed by atoms with Crippen molar-refractivity contribution in [2.45, 2.75) is 32.2 Å². The van der Waals surface area contributed by atoms with Crippen molar-refractivity contribution in [2.24, 2.45) is 0 Å². The zero-order valence-electron chi connectivity index (χ0n) is 11.7. The first-order valence-corrected chi connectivity index (χ1v) is 7.21. The Bertz CT molecular complexity index is 514. The number of aromatic nitrogens is 2. The monoisotopic (exact) mass is 276 g/mol. The Morgan fingerprint density at radius 2 is 2.05 bits per heavy atom. The van der Waals surface area contributed by atoms with E-state index in [0.29, 0.717) is 17.7 Å². The van der Waals surface area contributed by atoms with E-state index in [1.807, 2.05) is 6.92 Å². The van der Waals surface area contributed by atoms with Gasteiger partial charge in [0.05, 0.1) is 0 Å². The molecule has 0 spiro atoms. The second kappa shape index (κ2) is 5.36. The molecule has 20 heavy (non-hydrogen) atoms. The van der Waals surface area contributed by atoms with Crippen molar-refractivity contribution in [1.29, 1.82) is 0 Å². The smallest absolute Gasteiger partial charge is 0.354 e. The van der Waals surface area contributed by atoms with E-state index >= 15 is 0 Å². The first-order valence-electron chi connectivity index (χ1n) is 7.21. The van der Waals surface area contributed by atoms with Gasteiger partial charge < -0.3 is 10.0 Å². The summed E-state index contributed by atoms with van der Waals surface area (Å²) in [7, 11) is 0. The lowest BCUT2D eigenvalue weighted by Crippen LogP contribution is -2.35. The number of likely N-dealkylation sites (tertiary alicyclic amines) is 1. The third kappa shape index (κ3) is 2.60. The predicted molar refractivity (Wildman–Crippen MR) is 75.2 cm³/mol. The molecule has 2 aliphatic rings. The van der Waals surface area contributed by atoms with Gasteiger partial charge >= 0.3 is 5.97 Å². The molecule has 6 heteroatoms. The summed E-state index contributed by atoms with van der Waals surface area (Å²) in [4.78, 5) is 24.3.